The molecular formula is C15H17BrN6O. The normalized spacial score (nSPS) is 14.7. The van der Waals surface area contributed by atoms with Gasteiger partial charge >= 0.3 is 0 Å². The molecule has 7 nitrogen and oxygen atoms in total. The summed E-state index contributed by atoms with van der Waals surface area (Å²) < 4.78 is 0.934. The van der Waals surface area contributed by atoms with Gasteiger partial charge in [0.1, 0.15) is 0 Å². The summed E-state index contributed by atoms with van der Waals surface area (Å²) in [6.07, 6.45) is 1.65. The fourth-order valence-corrected chi connectivity index (χ4v) is 2.82. The first-order valence-corrected chi connectivity index (χ1v) is 8.14. The molecule has 0 aliphatic carbocycles. The molecule has 0 radical (unpaired) electrons. The van der Waals surface area contributed by atoms with E-state index >= 15 is 0 Å². The van der Waals surface area contributed by atoms with Crippen LogP contribution in [-0.2, 0) is 4.79 Å². The van der Waals surface area contributed by atoms with E-state index in [4.69, 9.17) is 0 Å². The average Bonchev–Trinajstić information content (AvgIpc) is 2.57. The molecule has 1 aromatic carbocycles. The van der Waals surface area contributed by atoms with Crippen molar-refractivity contribution in [3.05, 3.63) is 34.9 Å². The lowest BCUT2D eigenvalue weighted by Crippen LogP contribution is -2.48. The van der Waals surface area contributed by atoms with E-state index in [1.54, 1.807) is 13.1 Å². The molecule has 0 bridgehead atoms. The molecule has 1 aliphatic heterocycles. The first-order valence-electron chi connectivity index (χ1n) is 7.35. The minimum atomic E-state index is 0.113. The van der Waals surface area contributed by atoms with Crippen LogP contribution in [0.25, 0.3) is 0 Å². The lowest BCUT2D eigenvalue weighted by molar-refractivity contribution is -0.129. The van der Waals surface area contributed by atoms with Gasteiger partial charge in [-0.15, -0.1) is 5.10 Å². The van der Waals surface area contributed by atoms with Gasteiger partial charge in [0.25, 0.3) is 0 Å². The lowest BCUT2D eigenvalue weighted by atomic mass is 10.3. The number of benzene rings is 1. The molecule has 8 heteroatoms. The van der Waals surface area contributed by atoms with Crippen molar-refractivity contribution in [1.82, 2.24) is 20.1 Å². The molecule has 1 fully saturated rings. The molecule has 1 aliphatic rings. The zero-order valence-corrected chi connectivity index (χ0v) is 14.3. The maximum atomic E-state index is 11.4. The summed E-state index contributed by atoms with van der Waals surface area (Å²) in [5.41, 5.74) is 0.882. The average molecular weight is 377 g/mol. The number of carbonyl (C=O) groups excluding carboxylic acids is 1. The molecule has 3 rings (SSSR count). The molecule has 23 heavy (non-hydrogen) atoms. The van der Waals surface area contributed by atoms with E-state index in [9.17, 15) is 4.79 Å². The van der Waals surface area contributed by atoms with Crippen LogP contribution >= 0.6 is 15.9 Å². The first-order chi connectivity index (χ1) is 11.1. The van der Waals surface area contributed by atoms with Gasteiger partial charge in [0.05, 0.1) is 11.9 Å². The Morgan fingerprint density at radius 1 is 1.22 bits per heavy atom. The van der Waals surface area contributed by atoms with Crippen molar-refractivity contribution in [3.8, 4) is 0 Å². The van der Waals surface area contributed by atoms with Crippen molar-refractivity contribution in [2.45, 2.75) is 6.92 Å². The Morgan fingerprint density at radius 3 is 2.65 bits per heavy atom. The standard InChI is InChI=1S/C15H17BrN6O/c1-11(23)21-6-8-22(9-7-21)14-10-17-20-15(19-14)18-13-5-3-2-4-12(13)16/h2-5,10H,6-9H2,1H3,(H,18,19,20). The Morgan fingerprint density at radius 2 is 1.96 bits per heavy atom. The third-order valence-corrected chi connectivity index (χ3v) is 4.41. The Bertz CT molecular complexity index is 702. The molecular weight excluding hydrogens is 360 g/mol. The monoisotopic (exact) mass is 376 g/mol. The smallest absolute Gasteiger partial charge is 0.249 e. The summed E-state index contributed by atoms with van der Waals surface area (Å²) in [5, 5.41) is 11.2. The summed E-state index contributed by atoms with van der Waals surface area (Å²) in [4.78, 5) is 19.9. The van der Waals surface area contributed by atoms with E-state index in [0.29, 0.717) is 19.0 Å². The van der Waals surface area contributed by atoms with Gasteiger partial charge in [0.15, 0.2) is 5.82 Å². The highest BCUT2D eigenvalue weighted by atomic mass is 79.9. The third-order valence-electron chi connectivity index (χ3n) is 3.72. The zero-order chi connectivity index (χ0) is 16.2. The van der Waals surface area contributed by atoms with Crippen molar-refractivity contribution >= 4 is 39.3 Å². The summed E-state index contributed by atoms with van der Waals surface area (Å²) in [6.45, 7) is 4.49. The van der Waals surface area contributed by atoms with Crippen LogP contribution in [0.15, 0.2) is 34.9 Å². The molecule has 0 spiro atoms. The van der Waals surface area contributed by atoms with Gasteiger partial charge in [-0.3, -0.25) is 4.79 Å². The Hall–Kier alpha value is -2.22. The van der Waals surface area contributed by atoms with Gasteiger partial charge in [0, 0.05) is 37.6 Å². The largest absolute Gasteiger partial charge is 0.352 e. The highest BCUT2D eigenvalue weighted by Crippen LogP contribution is 2.24. The molecule has 120 valence electrons. The number of aromatic nitrogens is 3. The van der Waals surface area contributed by atoms with E-state index < -0.39 is 0 Å². The van der Waals surface area contributed by atoms with E-state index in [0.717, 1.165) is 29.1 Å². The van der Waals surface area contributed by atoms with Crippen molar-refractivity contribution in [2.75, 3.05) is 36.4 Å². The fraction of sp³-hybridized carbons (Fsp3) is 0.333. The SMILES string of the molecule is CC(=O)N1CCN(c2cnnc(Nc3ccccc3Br)n2)CC1. The van der Waals surface area contributed by atoms with Crippen LogP contribution in [0.1, 0.15) is 6.92 Å². The zero-order valence-electron chi connectivity index (χ0n) is 12.7. The Labute approximate surface area is 142 Å². The van der Waals surface area contributed by atoms with Crippen molar-refractivity contribution in [1.29, 1.82) is 0 Å². The number of amides is 1. The number of carbonyl (C=O) groups is 1. The number of nitrogens with zero attached hydrogens (tertiary/aromatic N) is 5. The number of halogens is 1. The lowest BCUT2D eigenvalue weighted by Gasteiger charge is -2.34. The Kier molecular flexibility index (Phi) is 4.71. The summed E-state index contributed by atoms with van der Waals surface area (Å²) in [7, 11) is 0. The summed E-state index contributed by atoms with van der Waals surface area (Å²) >= 11 is 3.48. The van der Waals surface area contributed by atoms with Crippen molar-refractivity contribution in [2.24, 2.45) is 0 Å². The second kappa shape index (κ2) is 6.91. The predicted octanol–water partition coefficient (Wildman–Crippen LogP) is 2.05. The molecule has 2 aromatic rings. The second-order valence-electron chi connectivity index (χ2n) is 5.24. The number of piperazine rings is 1. The quantitative estimate of drug-likeness (QED) is 0.883. The third kappa shape index (κ3) is 3.76. The van der Waals surface area contributed by atoms with Gasteiger partial charge in [-0.25, -0.2) is 0 Å². The number of para-hydroxylation sites is 1. The number of anilines is 3. The minimum Gasteiger partial charge on any atom is -0.352 e. The van der Waals surface area contributed by atoms with Gasteiger partial charge < -0.3 is 15.1 Å². The predicted molar refractivity (Wildman–Crippen MR) is 91.7 cm³/mol. The van der Waals surface area contributed by atoms with Crippen LogP contribution < -0.4 is 10.2 Å². The molecule has 0 saturated carbocycles. The fourth-order valence-electron chi connectivity index (χ4n) is 2.43. The molecule has 2 heterocycles. The minimum absolute atomic E-state index is 0.113. The van der Waals surface area contributed by atoms with E-state index in [1.165, 1.54) is 0 Å². The highest BCUT2D eigenvalue weighted by Gasteiger charge is 2.20. The van der Waals surface area contributed by atoms with Crippen LogP contribution in [-0.4, -0.2) is 52.2 Å². The molecule has 1 saturated heterocycles. The first kappa shape index (κ1) is 15.7. The number of nitrogens with one attached hydrogen (secondary N) is 1. The molecule has 1 amide bonds. The van der Waals surface area contributed by atoms with Crippen LogP contribution in [0, 0.1) is 0 Å². The molecule has 1 aromatic heterocycles. The van der Waals surface area contributed by atoms with E-state index in [1.807, 2.05) is 29.2 Å². The van der Waals surface area contributed by atoms with Gasteiger partial charge in [-0.2, -0.15) is 10.1 Å². The van der Waals surface area contributed by atoms with Crippen LogP contribution in [0.4, 0.5) is 17.5 Å². The van der Waals surface area contributed by atoms with Crippen LogP contribution in [0.5, 0.6) is 0 Å². The van der Waals surface area contributed by atoms with Gasteiger partial charge in [0.2, 0.25) is 11.9 Å². The van der Waals surface area contributed by atoms with Crippen LogP contribution in [0.2, 0.25) is 0 Å². The van der Waals surface area contributed by atoms with Gasteiger partial charge in [-0.05, 0) is 28.1 Å². The van der Waals surface area contributed by atoms with Gasteiger partial charge in [-0.1, -0.05) is 12.1 Å². The van der Waals surface area contributed by atoms with Crippen LogP contribution in [0.3, 0.4) is 0 Å². The molecule has 0 atom stereocenters. The number of hydrogen-bond acceptors (Lipinski definition) is 6. The van der Waals surface area contributed by atoms with E-state index in [2.05, 4.69) is 41.3 Å². The molecule has 1 N–H and O–H groups in total. The van der Waals surface area contributed by atoms with Crippen molar-refractivity contribution in [3.63, 3.8) is 0 Å². The van der Waals surface area contributed by atoms with Crippen molar-refractivity contribution < 1.29 is 4.79 Å². The summed E-state index contributed by atoms with van der Waals surface area (Å²) in [5.74, 6) is 1.32. The maximum Gasteiger partial charge on any atom is 0.249 e. The molecule has 0 unspecified atom stereocenters. The maximum absolute atomic E-state index is 11.4. The second-order valence-corrected chi connectivity index (χ2v) is 6.09. The summed E-state index contributed by atoms with van der Waals surface area (Å²) in [6, 6.07) is 7.76. The number of hydrogen-bond donors (Lipinski definition) is 1. The highest BCUT2D eigenvalue weighted by molar-refractivity contribution is 9.10. The van der Waals surface area contributed by atoms with E-state index in [-0.39, 0.29) is 5.91 Å². The topological polar surface area (TPSA) is 74.2 Å². The Balaban J connectivity index is 1.71. The number of rotatable bonds is 3.